The van der Waals surface area contributed by atoms with E-state index >= 15 is 0 Å². The summed E-state index contributed by atoms with van der Waals surface area (Å²) >= 11 is 6.06. The molecule has 0 fully saturated rings. The Labute approximate surface area is 117 Å². The summed E-state index contributed by atoms with van der Waals surface area (Å²) in [6.45, 7) is 0.597. The van der Waals surface area contributed by atoms with Crippen molar-refractivity contribution in [2.45, 2.75) is 6.54 Å². The van der Waals surface area contributed by atoms with Crippen molar-refractivity contribution < 1.29 is 9.47 Å². The van der Waals surface area contributed by atoms with Crippen molar-refractivity contribution in [2.75, 3.05) is 19.5 Å². The number of hydrogen-bond donors (Lipinski definition) is 1. The normalized spacial score (nSPS) is 10.1. The van der Waals surface area contributed by atoms with Crippen LogP contribution in [0.5, 0.6) is 11.6 Å². The maximum atomic E-state index is 6.06. The van der Waals surface area contributed by atoms with Gasteiger partial charge in [-0.15, -0.1) is 0 Å². The van der Waals surface area contributed by atoms with Gasteiger partial charge in [0, 0.05) is 11.8 Å². The molecular weight excluding hydrogens is 264 g/mol. The van der Waals surface area contributed by atoms with Crippen LogP contribution >= 0.6 is 11.6 Å². The van der Waals surface area contributed by atoms with Crippen LogP contribution in [0.25, 0.3) is 0 Å². The molecule has 1 aromatic carbocycles. The first-order chi connectivity index (χ1) is 9.22. The Bertz CT molecular complexity index is 561. The minimum absolute atomic E-state index is 0.575. The molecule has 1 aromatic heterocycles. The van der Waals surface area contributed by atoms with E-state index in [2.05, 4.69) is 10.3 Å². The molecule has 0 saturated carbocycles. The smallest absolute Gasteiger partial charge is 0.213 e. The Morgan fingerprint density at radius 2 is 2.00 bits per heavy atom. The highest BCUT2D eigenvalue weighted by molar-refractivity contribution is 6.32. The summed E-state index contributed by atoms with van der Waals surface area (Å²) in [6, 6.07) is 11.2. The van der Waals surface area contributed by atoms with E-state index < -0.39 is 0 Å². The monoisotopic (exact) mass is 278 g/mol. The van der Waals surface area contributed by atoms with Crippen LogP contribution in [0.15, 0.2) is 36.4 Å². The first-order valence-corrected chi connectivity index (χ1v) is 6.18. The van der Waals surface area contributed by atoms with Crippen LogP contribution in [0.3, 0.4) is 0 Å². The second-order valence-corrected chi connectivity index (χ2v) is 4.28. The van der Waals surface area contributed by atoms with Gasteiger partial charge in [-0.1, -0.05) is 17.7 Å². The molecule has 2 aromatic rings. The van der Waals surface area contributed by atoms with Crippen LogP contribution in [0.2, 0.25) is 5.02 Å². The molecule has 0 unspecified atom stereocenters. The number of aromatic nitrogens is 1. The van der Waals surface area contributed by atoms with Gasteiger partial charge in [0.15, 0.2) is 0 Å². The molecule has 0 aliphatic carbocycles. The number of methoxy groups -OCH3 is 2. The van der Waals surface area contributed by atoms with Crippen LogP contribution in [-0.2, 0) is 6.54 Å². The van der Waals surface area contributed by atoms with Crippen LogP contribution < -0.4 is 14.8 Å². The molecule has 0 aliphatic heterocycles. The molecule has 0 atom stereocenters. The van der Waals surface area contributed by atoms with E-state index in [0.717, 1.165) is 11.4 Å². The molecule has 0 amide bonds. The summed E-state index contributed by atoms with van der Waals surface area (Å²) in [5.74, 6) is 1.26. The zero-order chi connectivity index (χ0) is 13.7. The number of anilines is 1. The second-order valence-electron chi connectivity index (χ2n) is 3.87. The van der Waals surface area contributed by atoms with Crippen molar-refractivity contribution in [1.82, 2.24) is 4.98 Å². The maximum Gasteiger partial charge on any atom is 0.213 e. The van der Waals surface area contributed by atoms with E-state index in [4.69, 9.17) is 21.1 Å². The zero-order valence-corrected chi connectivity index (χ0v) is 11.6. The van der Waals surface area contributed by atoms with Crippen LogP contribution in [-0.4, -0.2) is 19.2 Å². The van der Waals surface area contributed by atoms with Crippen molar-refractivity contribution >= 4 is 17.3 Å². The summed E-state index contributed by atoms with van der Waals surface area (Å²) in [5, 5.41) is 3.82. The van der Waals surface area contributed by atoms with E-state index in [0.29, 0.717) is 23.2 Å². The molecule has 2 rings (SSSR count). The largest absolute Gasteiger partial charge is 0.495 e. The van der Waals surface area contributed by atoms with E-state index in [1.807, 2.05) is 36.4 Å². The van der Waals surface area contributed by atoms with Gasteiger partial charge in [0.05, 0.1) is 31.5 Å². The SMILES string of the molecule is COc1cccc(CNc2ccc(OC)c(Cl)c2)n1. The van der Waals surface area contributed by atoms with Gasteiger partial charge in [-0.2, -0.15) is 0 Å². The topological polar surface area (TPSA) is 43.4 Å². The van der Waals surface area contributed by atoms with Crippen molar-refractivity contribution in [3.8, 4) is 11.6 Å². The standard InChI is InChI=1S/C14H15ClN2O2/c1-18-13-7-6-10(8-12(13)15)16-9-11-4-3-5-14(17-11)19-2/h3-8,16H,9H2,1-2H3. The van der Waals surface area contributed by atoms with Gasteiger partial charge in [0.25, 0.3) is 0 Å². The number of benzene rings is 1. The lowest BCUT2D eigenvalue weighted by molar-refractivity contribution is 0.396. The lowest BCUT2D eigenvalue weighted by Crippen LogP contribution is -2.02. The fraction of sp³-hybridized carbons (Fsp3) is 0.214. The summed E-state index contributed by atoms with van der Waals surface area (Å²) < 4.78 is 10.2. The Morgan fingerprint density at radius 3 is 2.68 bits per heavy atom. The fourth-order valence-corrected chi connectivity index (χ4v) is 1.90. The highest BCUT2D eigenvalue weighted by Gasteiger charge is 2.02. The molecule has 0 aliphatic rings. The molecule has 1 N–H and O–H groups in total. The quantitative estimate of drug-likeness (QED) is 0.911. The third-order valence-electron chi connectivity index (χ3n) is 2.62. The number of nitrogens with one attached hydrogen (secondary N) is 1. The molecule has 0 saturated heterocycles. The van der Waals surface area contributed by atoms with Crippen molar-refractivity contribution in [3.05, 3.63) is 47.1 Å². The second kappa shape index (κ2) is 6.29. The van der Waals surface area contributed by atoms with Crippen molar-refractivity contribution in [2.24, 2.45) is 0 Å². The van der Waals surface area contributed by atoms with Crippen LogP contribution in [0.1, 0.15) is 5.69 Å². The van der Waals surface area contributed by atoms with Crippen molar-refractivity contribution in [1.29, 1.82) is 0 Å². The first kappa shape index (κ1) is 13.5. The molecule has 1 heterocycles. The number of hydrogen-bond acceptors (Lipinski definition) is 4. The fourth-order valence-electron chi connectivity index (χ4n) is 1.64. The Hall–Kier alpha value is -1.94. The highest BCUT2D eigenvalue weighted by Crippen LogP contribution is 2.27. The molecular formula is C14H15ClN2O2. The van der Waals surface area contributed by atoms with Gasteiger partial charge in [-0.3, -0.25) is 0 Å². The minimum atomic E-state index is 0.575. The average molecular weight is 279 g/mol. The minimum Gasteiger partial charge on any atom is -0.495 e. The average Bonchev–Trinajstić information content (AvgIpc) is 2.45. The molecule has 4 nitrogen and oxygen atoms in total. The summed E-state index contributed by atoms with van der Waals surface area (Å²) in [7, 11) is 3.19. The molecule has 5 heteroatoms. The Balaban J connectivity index is 2.03. The van der Waals surface area contributed by atoms with E-state index in [9.17, 15) is 0 Å². The van der Waals surface area contributed by atoms with E-state index in [1.165, 1.54) is 0 Å². The molecule has 0 radical (unpaired) electrons. The summed E-state index contributed by atoms with van der Waals surface area (Å²) in [6.07, 6.45) is 0. The first-order valence-electron chi connectivity index (χ1n) is 5.80. The third-order valence-corrected chi connectivity index (χ3v) is 2.91. The predicted octanol–water partition coefficient (Wildman–Crippen LogP) is 3.36. The molecule has 0 spiro atoms. The van der Waals surface area contributed by atoms with Gasteiger partial charge in [0.2, 0.25) is 5.88 Å². The highest BCUT2D eigenvalue weighted by atomic mass is 35.5. The number of rotatable bonds is 5. The van der Waals surface area contributed by atoms with Gasteiger partial charge in [0.1, 0.15) is 5.75 Å². The molecule has 100 valence electrons. The Kier molecular flexibility index (Phi) is 4.47. The van der Waals surface area contributed by atoms with Gasteiger partial charge in [-0.25, -0.2) is 4.98 Å². The third kappa shape index (κ3) is 3.51. The number of ether oxygens (including phenoxy) is 2. The number of pyridine rings is 1. The summed E-state index contributed by atoms with van der Waals surface area (Å²) in [4.78, 5) is 4.32. The Morgan fingerprint density at radius 1 is 1.16 bits per heavy atom. The van der Waals surface area contributed by atoms with Gasteiger partial charge >= 0.3 is 0 Å². The van der Waals surface area contributed by atoms with Crippen LogP contribution in [0.4, 0.5) is 5.69 Å². The number of halogens is 1. The predicted molar refractivity (Wildman–Crippen MR) is 76.1 cm³/mol. The summed E-state index contributed by atoms with van der Waals surface area (Å²) in [5.41, 5.74) is 1.81. The van der Waals surface area contributed by atoms with E-state index in [1.54, 1.807) is 14.2 Å². The zero-order valence-electron chi connectivity index (χ0n) is 10.8. The molecule has 0 bridgehead atoms. The lowest BCUT2D eigenvalue weighted by Gasteiger charge is -2.09. The maximum absolute atomic E-state index is 6.06. The lowest BCUT2D eigenvalue weighted by atomic mass is 10.3. The number of nitrogens with zero attached hydrogens (tertiary/aromatic N) is 1. The van der Waals surface area contributed by atoms with Crippen LogP contribution in [0, 0.1) is 0 Å². The van der Waals surface area contributed by atoms with Crippen molar-refractivity contribution in [3.63, 3.8) is 0 Å². The molecule has 19 heavy (non-hydrogen) atoms. The van der Waals surface area contributed by atoms with Gasteiger partial charge in [-0.05, 0) is 24.3 Å². The van der Waals surface area contributed by atoms with E-state index in [-0.39, 0.29) is 0 Å². The van der Waals surface area contributed by atoms with Gasteiger partial charge < -0.3 is 14.8 Å².